The topological polar surface area (TPSA) is 57.5 Å². The zero-order chi connectivity index (χ0) is 12.3. The molecule has 4 atom stereocenters. The van der Waals surface area contributed by atoms with Gasteiger partial charge in [0, 0.05) is 0 Å². The van der Waals surface area contributed by atoms with Crippen LogP contribution in [0, 0.1) is 23.7 Å². The second kappa shape index (κ2) is 5.67. The minimum atomic E-state index is -1.18. The molecule has 3 nitrogen and oxygen atoms in total. The number of carboxylic acids is 1. The van der Waals surface area contributed by atoms with Crippen molar-refractivity contribution in [1.82, 2.24) is 0 Å². The van der Waals surface area contributed by atoms with Crippen LogP contribution in [-0.2, 0) is 4.79 Å². The number of aliphatic hydroxyl groups is 1. The summed E-state index contributed by atoms with van der Waals surface area (Å²) in [5.41, 5.74) is 0. The fourth-order valence-corrected chi connectivity index (χ4v) is 3.06. The molecule has 4 unspecified atom stereocenters. The van der Waals surface area contributed by atoms with Gasteiger partial charge in [-0.25, -0.2) is 4.79 Å². The fourth-order valence-electron chi connectivity index (χ4n) is 3.06. The Balaban J connectivity index is 2.60. The number of hydrogen-bond donors (Lipinski definition) is 2. The van der Waals surface area contributed by atoms with Crippen molar-refractivity contribution in [2.45, 2.75) is 52.6 Å². The number of aliphatic hydroxyl groups excluding tert-OH is 1. The third kappa shape index (κ3) is 3.48. The molecule has 0 aliphatic heterocycles. The molecule has 0 aromatic heterocycles. The van der Waals surface area contributed by atoms with Crippen LogP contribution in [0.2, 0.25) is 0 Å². The Morgan fingerprint density at radius 1 is 1.38 bits per heavy atom. The van der Waals surface area contributed by atoms with Crippen LogP contribution in [0.1, 0.15) is 46.5 Å². The summed E-state index contributed by atoms with van der Waals surface area (Å²) < 4.78 is 0. The lowest BCUT2D eigenvalue weighted by Gasteiger charge is -2.38. The van der Waals surface area contributed by atoms with E-state index in [1.807, 2.05) is 0 Å². The first kappa shape index (κ1) is 13.5. The average Bonchev–Trinajstić information content (AvgIpc) is 2.16. The molecule has 0 saturated heterocycles. The summed E-state index contributed by atoms with van der Waals surface area (Å²) in [4.78, 5) is 10.7. The summed E-state index contributed by atoms with van der Waals surface area (Å²) in [5.74, 6) is 1.11. The predicted molar refractivity (Wildman–Crippen MR) is 63.1 cm³/mol. The maximum atomic E-state index is 10.7. The molecule has 0 amide bonds. The van der Waals surface area contributed by atoms with E-state index in [1.54, 1.807) is 0 Å². The first-order chi connectivity index (χ1) is 7.41. The van der Waals surface area contributed by atoms with Gasteiger partial charge in [0.05, 0.1) is 0 Å². The molecule has 1 saturated carbocycles. The predicted octanol–water partition coefficient (Wildman–Crippen LogP) is 2.53. The molecule has 0 spiro atoms. The molecule has 94 valence electrons. The molecular weight excluding hydrogens is 204 g/mol. The van der Waals surface area contributed by atoms with Crippen LogP contribution in [-0.4, -0.2) is 22.3 Å². The number of carboxylic acid groups (broad SMARTS) is 1. The molecule has 1 aliphatic rings. The van der Waals surface area contributed by atoms with Crippen LogP contribution in [0.4, 0.5) is 0 Å². The molecule has 2 N–H and O–H groups in total. The molecule has 16 heavy (non-hydrogen) atoms. The molecular formula is C13H24O3. The van der Waals surface area contributed by atoms with Gasteiger partial charge >= 0.3 is 5.97 Å². The number of aliphatic carboxylic acids is 1. The summed E-state index contributed by atoms with van der Waals surface area (Å²) in [7, 11) is 0. The third-order valence-electron chi connectivity index (χ3n) is 3.97. The molecule has 0 aromatic carbocycles. The smallest absolute Gasteiger partial charge is 0.332 e. The van der Waals surface area contributed by atoms with Gasteiger partial charge < -0.3 is 10.2 Å². The molecule has 3 heteroatoms. The van der Waals surface area contributed by atoms with E-state index in [9.17, 15) is 9.90 Å². The van der Waals surface area contributed by atoms with Crippen LogP contribution in [0.5, 0.6) is 0 Å². The number of rotatable bonds is 4. The summed E-state index contributed by atoms with van der Waals surface area (Å²) >= 11 is 0. The van der Waals surface area contributed by atoms with E-state index >= 15 is 0 Å². The molecule has 0 radical (unpaired) electrons. The quantitative estimate of drug-likeness (QED) is 0.777. The summed E-state index contributed by atoms with van der Waals surface area (Å²) in [6, 6.07) is 0. The Morgan fingerprint density at radius 3 is 2.50 bits per heavy atom. The Labute approximate surface area is 97.9 Å². The molecule has 0 aromatic rings. The lowest BCUT2D eigenvalue weighted by molar-refractivity contribution is -0.148. The molecule has 1 fully saturated rings. The third-order valence-corrected chi connectivity index (χ3v) is 3.97. The van der Waals surface area contributed by atoms with Crippen molar-refractivity contribution in [3.8, 4) is 0 Å². The first-order valence-electron chi connectivity index (χ1n) is 6.32. The van der Waals surface area contributed by atoms with E-state index in [-0.39, 0.29) is 0 Å². The highest BCUT2D eigenvalue weighted by atomic mass is 16.4. The van der Waals surface area contributed by atoms with Crippen LogP contribution >= 0.6 is 0 Å². The fraction of sp³-hybridized carbons (Fsp3) is 0.923. The van der Waals surface area contributed by atoms with E-state index in [0.717, 1.165) is 6.42 Å². The summed E-state index contributed by atoms with van der Waals surface area (Å²) in [6.07, 6.45) is 2.71. The molecule has 0 bridgehead atoms. The highest BCUT2D eigenvalue weighted by molar-refractivity contribution is 5.71. The zero-order valence-electron chi connectivity index (χ0n) is 10.5. The van der Waals surface area contributed by atoms with E-state index in [4.69, 9.17) is 5.11 Å². The average molecular weight is 228 g/mol. The van der Waals surface area contributed by atoms with Crippen molar-refractivity contribution >= 4 is 5.97 Å². The Morgan fingerprint density at radius 2 is 2.00 bits per heavy atom. The highest BCUT2D eigenvalue weighted by Gasteiger charge is 2.33. The van der Waals surface area contributed by atoms with Crippen LogP contribution in [0.15, 0.2) is 0 Å². The Kier molecular flexibility index (Phi) is 4.78. The largest absolute Gasteiger partial charge is 0.479 e. The van der Waals surface area contributed by atoms with Gasteiger partial charge in [-0.3, -0.25) is 0 Å². The van der Waals surface area contributed by atoms with E-state index in [2.05, 4.69) is 20.8 Å². The maximum Gasteiger partial charge on any atom is 0.332 e. The van der Waals surface area contributed by atoms with E-state index < -0.39 is 12.1 Å². The Hall–Kier alpha value is -0.570. The summed E-state index contributed by atoms with van der Waals surface area (Å²) in [6.45, 7) is 6.61. The van der Waals surface area contributed by atoms with Crippen LogP contribution in [0.3, 0.4) is 0 Å². The SMILES string of the molecule is CC1CCC(C(C)C)C(CC(O)C(=O)O)C1. The van der Waals surface area contributed by atoms with Crippen molar-refractivity contribution in [2.75, 3.05) is 0 Å². The van der Waals surface area contributed by atoms with Crippen LogP contribution in [0.25, 0.3) is 0 Å². The number of carbonyl (C=O) groups is 1. The van der Waals surface area contributed by atoms with Gasteiger partial charge in [0.25, 0.3) is 0 Å². The first-order valence-corrected chi connectivity index (χ1v) is 6.32. The Bertz CT molecular complexity index is 237. The van der Waals surface area contributed by atoms with Gasteiger partial charge in [-0.15, -0.1) is 0 Å². The van der Waals surface area contributed by atoms with E-state index in [0.29, 0.717) is 30.1 Å². The van der Waals surface area contributed by atoms with Crippen molar-refractivity contribution in [3.05, 3.63) is 0 Å². The van der Waals surface area contributed by atoms with Crippen LogP contribution < -0.4 is 0 Å². The monoisotopic (exact) mass is 228 g/mol. The van der Waals surface area contributed by atoms with Crippen molar-refractivity contribution in [1.29, 1.82) is 0 Å². The van der Waals surface area contributed by atoms with E-state index in [1.165, 1.54) is 12.8 Å². The lowest BCUT2D eigenvalue weighted by atomic mass is 9.68. The standard InChI is InChI=1S/C13H24O3/c1-8(2)11-5-4-9(3)6-10(11)7-12(14)13(15)16/h8-12,14H,4-7H2,1-3H3,(H,15,16). The van der Waals surface area contributed by atoms with Gasteiger partial charge in [0.15, 0.2) is 6.10 Å². The minimum Gasteiger partial charge on any atom is -0.479 e. The van der Waals surface area contributed by atoms with Crippen molar-refractivity contribution in [2.24, 2.45) is 23.7 Å². The minimum absolute atomic E-state index is 0.370. The van der Waals surface area contributed by atoms with Gasteiger partial charge in [-0.05, 0) is 42.9 Å². The number of hydrogen-bond acceptors (Lipinski definition) is 2. The van der Waals surface area contributed by atoms with Gasteiger partial charge in [-0.2, -0.15) is 0 Å². The molecule has 0 heterocycles. The molecule has 1 aliphatic carbocycles. The van der Waals surface area contributed by atoms with Crippen molar-refractivity contribution in [3.63, 3.8) is 0 Å². The van der Waals surface area contributed by atoms with Gasteiger partial charge in [0.2, 0.25) is 0 Å². The second-order valence-corrected chi connectivity index (χ2v) is 5.68. The molecule has 1 rings (SSSR count). The van der Waals surface area contributed by atoms with Gasteiger partial charge in [-0.1, -0.05) is 27.2 Å². The second-order valence-electron chi connectivity index (χ2n) is 5.68. The zero-order valence-corrected chi connectivity index (χ0v) is 10.5. The highest BCUT2D eigenvalue weighted by Crippen LogP contribution is 2.40. The lowest BCUT2D eigenvalue weighted by Crippen LogP contribution is -2.33. The maximum absolute atomic E-state index is 10.7. The normalized spacial score (nSPS) is 32.7. The van der Waals surface area contributed by atoms with Crippen molar-refractivity contribution < 1.29 is 15.0 Å². The summed E-state index contributed by atoms with van der Waals surface area (Å²) in [5, 5.41) is 18.2. The van der Waals surface area contributed by atoms with Gasteiger partial charge in [0.1, 0.15) is 0 Å².